The van der Waals surface area contributed by atoms with E-state index in [0.717, 1.165) is 44.9 Å². The molecule has 0 aliphatic carbocycles. The van der Waals surface area contributed by atoms with Gasteiger partial charge in [-0.25, -0.2) is 0 Å². The average Bonchev–Trinajstić information content (AvgIpc) is 3.15. The first-order chi connectivity index (χ1) is 22.8. The molecule has 7 aromatic carbocycles. The fourth-order valence-electron chi connectivity index (χ4n) is 5.62. The number of benzene rings is 7. The number of hydrogen-bond acceptors (Lipinski definition) is 2. The highest BCUT2D eigenvalue weighted by Crippen LogP contribution is 2.33. The quantitative estimate of drug-likeness (QED) is 0.157. The number of ether oxygens (including phenoxy) is 2. The van der Waals surface area contributed by atoms with Crippen LogP contribution in [0, 0.1) is 0 Å². The van der Waals surface area contributed by atoms with Gasteiger partial charge >= 0.3 is 0 Å². The van der Waals surface area contributed by atoms with Crippen molar-refractivity contribution in [1.82, 2.24) is 0 Å². The van der Waals surface area contributed by atoms with E-state index < -0.39 is 0 Å². The molecule has 0 spiro atoms. The van der Waals surface area contributed by atoms with E-state index in [9.17, 15) is 0 Å². The minimum atomic E-state index is 0.479. The van der Waals surface area contributed by atoms with Gasteiger partial charge < -0.3 is 9.47 Å². The molecule has 0 bridgehead atoms. The zero-order chi connectivity index (χ0) is 31.0. The average molecular weight is 595 g/mol. The molecule has 0 saturated carbocycles. The summed E-state index contributed by atoms with van der Waals surface area (Å²) >= 11 is 0. The minimum Gasteiger partial charge on any atom is -0.489 e. The van der Waals surface area contributed by atoms with Crippen LogP contribution in [0.5, 0.6) is 11.5 Å². The van der Waals surface area contributed by atoms with E-state index >= 15 is 0 Å². The monoisotopic (exact) mass is 594 g/mol. The van der Waals surface area contributed by atoms with Crippen molar-refractivity contribution in [1.29, 1.82) is 0 Å². The first-order valence-corrected chi connectivity index (χ1v) is 15.6. The van der Waals surface area contributed by atoms with Crippen LogP contribution in [0.2, 0.25) is 0 Å². The van der Waals surface area contributed by atoms with Gasteiger partial charge in [-0.15, -0.1) is 0 Å². The largest absolute Gasteiger partial charge is 0.489 e. The first-order valence-electron chi connectivity index (χ1n) is 15.6. The summed E-state index contributed by atoms with van der Waals surface area (Å²) in [6.07, 6.45) is 0. The standard InChI is InChI=1S/C44H34O2/c1-5-13-35(14-6-1)39-25-40(36-15-7-2-8-16-36)28-43(27-39)45-31-33-21-23-34(24-22-33)32-46-44-29-41(37-17-9-3-10-18-37)26-42(30-44)38-19-11-4-12-20-38/h1-30H,31-32H2. The Kier molecular flexibility index (Phi) is 8.69. The molecule has 7 rings (SSSR count). The molecule has 46 heavy (non-hydrogen) atoms. The summed E-state index contributed by atoms with van der Waals surface area (Å²) in [5.74, 6) is 1.69. The van der Waals surface area contributed by atoms with Crippen LogP contribution in [-0.4, -0.2) is 0 Å². The van der Waals surface area contributed by atoms with Gasteiger partial charge in [0, 0.05) is 0 Å². The maximum Gasteiger partial charge on any atom is 0.121 e. The Morgan fingerprint density at radius 2 is 0.522 bits per heavy atom. The summed E-state index contributed by atoms with van der Waals surface area (Å²) in [5.41, 5.74) is 11.4. The molecule has 0 amide bonds. The van der Waals surface area contributed by atoms with Gasteiger partial charge in [0.1, 0.15) is 24.7 Å². The predicted molar refractivity (Wildman–Crippen MR) is 190 cm³/mol. The first kappa shape index (κ1) is 28.9. The molecule has 0 saturated heterocycles. The second-order valence-electron chi connectivity index (χ2n) is 11.4. The predicted octanol–water partition coefficient (Wildman–Crippen LogP) is 11.5. The Hall–Kier alpha value is -5.86. The summed E-state index contributed by atoms with van der Waals surface area (Å²) in [6, 6.07) is 63.2. The normalized spacial score (nSPS) is 10.8. The molecule has 0 aliphatic rings. The van der Waals surface area contributed by atoms with Gasteiger partial charge in [-0.2, -0.15) is 0 Å². The van der Waals surface area contributed by atoms with Gasteiger partial charge in [-0.1, -0.05) is 146 Å². The van der Waals surface area contributed by atoms with Crippen LogP contribution < -0.4 is 9.47 Å². The second-order valence-corrected chi connectivity index (χ2v) is 11.4. The molecule has 0 atom stereocenters. The van der Waals surface area contributed by atoms with Gasteiger partial charge in [-0.05, 0) is 92.0 Å². The Labute approximate surface area is 271 Å². The molecule has 0 fully saturated rings. The summed E-state index contributed by atoms with van der Waals surface area (Å²) in [7, 11) is 0. The summed E-state index contributed by atoms with van der Waals surface area (Å²) in [5, 5.41) is 0. The third-order valence-corrected chi connectivity index (χ3v) is 8.08. The van der Waals surface area contributed by atoms with Crippen molar-refractivity contribution in [3.8, 4) is 56.0 Å². The summed E-state index contributed by atoms with van der Waals surface area (Å²) in [6.45, 7) is 0.959. The van der Waals surface area contributed by atoms with E-state index in [-0.39, 0.29) is 0 Å². The molecule has 0 aromatic heterocycles. The molecule has 2 heteroatoms. The molecule has 0 unspecified atom stereocenters. The Bertz CT molecular complexity index is 1740. The fourth-order valence-corrected chi connectivity index (χ4v) is 5.62. The highest BCUT2D eigenvalue weighted by molar-refractivity contribution is 5.76. The fraction of sp³-hybridized carbons (Fsp3) is 0.0455. The number of hydrogen-bond donors (Lipinski definition) is 0. The maximum atomic E-state index is 6.36. The third kappa shape index (κ3) is 7.09. The maximum absolute atomic E-state index is 6.36. The van der Waals surface area contributed by atoms with Crippen LogP contribution in [0.25, 0.3) is 44.5 Å². The van der Waals surface area contributed by atoms with Crippen molar-refractivity contribution >= 4 is 0 Å². The molecule has 2 nitrogen and oxygen atoms in total. The van der Waals surface area contributed by atoms with Crippen molar-refractivity contribution < 1.29 is 9.47 Å². The van der Waals surface area contributed by atoms with Crippen LogP contribution in [-0.2, 0) is 13.2 Å². The lowest BCUT2D eigenvalue weighted by atomic mass is 9.98. The van der Waals surface area contributed by atoms with Gasteiger partial charge in [-0.3, -0.25) is 0 Å². The van der Waals surface area contributed by atoms with Crippen LogP contribution >= 0.6 is 0 Å². The lowest BCUT2D eigenvalue weighted by Crippen LogP contribution is -1.99. The third-order valence-electron chi connectivity index (χ3n) is 8.08. The second kappa shape index (κ2) is 13.8. The lowest BCUT2D eigenvalue weighted by Gasteiger charge is -2.13. The van der Waals surface area contributed by atoms with Crippen molar-refractivity contribution in [2.75, 3.05) is 0 Å². The van der Waals surface area contributed by atoms with Crippen molar-refractivity contribution in [2.45, 2.75) is 13.2 Å². The Balaban J connectivity index is 1.06. The highest BCUT2D eigenvalue weighted by Gasteiger charge is 2.09. The minimum absolute atomic E-state index is 0.479. The summed E-state index contributed by atoms with van der Waals surface area (Å²) < 4.78 is 12.7. The van der Waals surface area contributed by atoms with Gasteiger partial charge in [0.05, 0.1) is 0 Å². The molecular formula is C44H34O2. The van der Waals surface area contributed by atoms with Crippen LogP contribution in [0.4, 0.5) is 0 Å². The number of rotatable bonds is 10. The smallest absolute Gasteiger partial charge is 0.121 e. The molecular weight excluding hydrogens is 560 g/mol. The Morgan fingerprint density at radius 1 is 0.261 bits per heavy atom. The molecule has 7 aromatic rings. The molecule has 222 valence electrons. The van der Waals surface area contributed by atoms with Crippen LogP contribution in [0.15, 0.2) is 182 Å². The van der Waals surface area contributed by atoms with E-state index in [1.54, 1.807) is 0 Å². The van der Waals surface area contributed by atoms with E-state index in [2.05, 4.69) is 158 Å². The van der Waals surface area contributed by atoms with E-state index in [1.165, 1.54) is 22.3 Å². The van der Waals surface area contributed by atoms with Gasteiger partial charge in [0.25, 0.3) is 0 Å². The zero-order valence-electron chi connectivity index (χ0n) is 25.6. The molecule has 0 N–H and O–H groups in total. The molecule has 0 heterocycles. The molecule has 0 aliphatic heterocycles. The topological polar surface area (TPSA) is 18.5 Å². The Morgan fingerprint density at radius 3 is 0.783 bits per heavy atom. The van der Waals surface area contributed by atoms with Gasteiger partial charge in [0.15, 0.2) is 0 Å². The van der Waals surface area contributed by atoms with Crippen LogP contribution in [0.1, 0.15) is 11.1 Å². The van der Waals surface area contributed by atoms with E-state index in [0.29, 0.717) is 13.2 Å². The molecule has 0 radical (unpaired) electrons. The SMILES string of the molecule is c1ccc(-c2cc(OCc3ccc(COc4cc(-c5ccccc5)cc(-c5ccccc5)c4)cc3)cc(-c3ccccc3)c2)cc1. The van der Waals surface area contributed by atoms with Crippen molar-refractivity contribution in [3.05, 3.63) is 193 Å². The zero-order valence-corrected chi connectivity index (χ0v) is 25.6. The van der Waals surface area contributed by atoms with Crippen molar-refractivity contribution in [2.24, 2.45) is 0 Å². The summed E-state index contributed by atoms with van der Waals surface area (Å²) in [4.78, 5) is 0. The van der Waals surface area contributed by atoms with Gasteiger partial charge in [0.2, 0.25) is 0 Å². The van der Waals surface area contributed by atoms with E-state index in [4.69, 9.17) is 9.47 Å². The van der Waals surface area contributed by atoms with Crippen LogP contribution in [0.3, 0.4) is 0 Å². The highest BCUT2D eigenvalue weighted by atomic mass is 16.5. The lowest BCUT2D eigenvalue weighted by molar-refractivity contribution is 0.303. The van der Waals surface area contributed by atoms with E-state index in [1.807, 2.05) is 24.3 Å². The van der Waals surface area contributed by atoms with Crippen molar-refractivity contribution in [3.63, 3.8) is 0 Å².